The topological polar surface area (TPSA) is 68.7 Å². The number of methoxy groups -OCH3 is 1. The van der Waals surface area contributed by atoms with E-state index in [1.165, 1.54) is 7.11 Å². The second kappa shape index (κ2) is 7.56. The Morgan fingerprint density at radius 1 is 1.27 bits per heavy atom. The summed E-state index contributed by atoms with van der Waals surface area (Å²) >= 11 is 0. The van der Waals surface area contributed by atoms with Gasteiger partial charge in [-0.2, -0.15) is 0 Å². The van der Waals surface area contributed by atoms with Gasteiger partial charge in [0.25, 0.3) is 0 Å². The lowest BCUT2D eigenvalue weighted by molar-refractivity contribution is 0.0589. The summed E-state index contributed by atoms with van der Waals surface area (Å²) in [5, 5.41) is 10.1. The average Bonchev–Trinajstić information content (AvgIpc) is 2.54. The van der Waals surface area contributed by atoms with Gasteiger partial charge >= 0.3 is 5.97 Å². The van der Waals surface area contributed by atoms with Crippen molar-refractivity contribution in [3.63, 3.8) is 0 Å². The van der Waals surface area contributed by atoms with Gasteiger partial charge in [-0.25, -0.2) is 9.78 Å². The van der Waals surface area contributed by atoms with Gasteiger partial charge in [-0.05, 0) is 25.0 Å². The van der Waals surface area contributed by atoms with Gasteiger partial charge < -0.3 is 14.6 Å². The zero-order chi connectivity index (χ0) is 15.9. The number of aromatic nitrogens is 1. The first-order valence-corrected chi connectivity index (χ1v) is 7.01. The number of benzene rings is 1. The van der Waals surface area contributed by atoms with Crippen molar-refractivity contribution in [3.05, 3.63) is 58.9 Å². The van der Waals surface area contributed by atoms with Crippen LogP contribution in [0.5, 0.6) is 5.75 Å². The van der Waals surface area contributed by atoms with E-state index in [1.54, 1.807) is 13.0 Å². The van der Waals surface area contributed by atoms with Crippen molar-refractivity contribution in [3.8, 4) is 5.75 Å². The number of rotatable bonds is 6. The highest BCUT2D eigenvalue weighted by molar-refractivity contribution is 5.90. The Hall–Kier alpha value is -2.40. The predicted octanol–water partition coefficient (Wildman–Crippen LogP) is 2.64. The van der Waals surface area contributed by atoms with Crippen molar-refractivity contribution in [1.82, 2.24) is 4.98 Å². The van der Waals surface area contributed by atoms with Gasteiger partial charge in [-0.15, -0.1) is 0 Å². The number of carbonyl (C=O) groups excluding carboxylic acids is 1. The highest BCUT2D eigenvalue weighted by Crippen LogP contribution is 2.23. The van der Waals surface area contributed by atoms with E-state index < -0.39 is 5.97 Å². The van der Waals surface area contributed by atoms with Crippen molar-refractivity contribution >= 4 is 5.97 Å². The van der Waals surface area contributed by atoms with Crippen LogP contribution in [0.2, 0.25) is 0 Å². The molecule has 5 heteroatoms. The molecular formula is C17H19NO4. The zero-order valence-electron chi connectivity index (χ0n) is 12.7. The van der Waals surface area contributed by atoms with Gasteiger partial charge in [-0.3, -0.25) is 0 Å². The lowest BCUT2D eigenvalue weighted by Gasteiger charge is -2.10. The maximum absolute atomic E-state index is 11.6. The lowest BCUT2D eigenvalue weighted by atomic mass is 10.1. The van der Waals surface area contributed by atoms with Gasteiger partial charge in [0.2, 0.25) is 0 Å². The molecule has 0 saturated heterocycles. The Morgan fingerprint density at radius 3 is 2.68 bits per heavy atom. The number of aryl methyl sites for hydroxylation is 1. The summed E-state index contributed by atoms with van der Waals surface area (Å²) < 4.78 is 10.2. The summed E-state index contributed by atoms with van der Waals surface area (Å²) in [6.45, 7) is 2.71. The van der Waals surface area contributed by atoms with Crippen LogP contribution < -0.4 is 0 Å². The highest BCUT2D eigenvalue weighted by atomic mass is 16.5. The molecule has 0 spiro atoms. The first-order valence-electron chi connectivity index (χ1n) is 7.01. The minimum absolute atomic E-state index is 0.0550. The highest BCUT2D eigenvalue weighted by Gasteiger charge is 2.17. The molecule has 1 N–H and O–H groups in total. The summed E-state index contributed by atoms with van der Waals surface area (Å²) in [7, 11) is 1.26. The predicted molar refractivity (Wildman–Crippen MR) is 81.8 cm³/mol. The number of ether oxygens (including phenoxy) is 2. The van der Waals surface area contributed by atoms with Crippen molar-refractivity contribution in [2.75, 3.05) is 13.7 Å². The first-order chi connectivity index (χ1) is 10.6. The first kappa shape index (κ1) is 16.0. The number of hydrogen-bond acceptors (Lipinski definition) is 5. The fourth-order valence-corrected chi connectivity index (χ4v) is 2.11. The molecule has 1 aromatic carbocycles. The number of carbonyl (C=O) groups is 1. The normalized spacial score (nSPS) is 10.5. The van der Waals surface area contributed by atoms with Crippen molar-refractivity contribution in [2.45, 2.75) is 20.0 Å². The maximum Gasteiger partial charge on any atom is 0.360 e. The smallest absolute Gasteiger partial charge is 0.360 e. The molecule has 0 radical (unpaired) electrons. The van der Waals surface area contributed by atoms with Crippen molar-refractivity contribution in [1.29, 1.82) is 0 Å². The van der Waals surface area contributed by atoms with Gasteiger partial charge in [0.1, 0.15) is 0 Å². The SMILES string of the molecule is COC(=O)c1nc(C)cc(CCOCc2ccccc2)c1O. The molecule has 0 atom stereocenters. The molecule has 2 aromatic rings. The molecule has 2 rings (SSSR count). The van der Waals surface area contributed by atoms with Crippen LogP contribution in [0.1, 0.15) is 27.3 Å². The van der Waals surface area contributed by atoms with E-state index in [4.69, 9.17) is 4.74 Å². The Balaban J connectivity index is 1.98. The summed E-state index contributed by atoms with van der Waals surface area (Å²) in [6, 6.07) is 11.6. The molecule has 0 bridgehead atoms. The van der Waals surface area contributed by atoms with Crippen LogP contribution in [0, 0.1) is 6.92 Å². The molecule has 116 valence electrons. The molecule has 5 nitrogen and oxygen atoms in total. The monoisotopic (exact) mass is 301 g/mol. The van der Waals surface area contributed by atoms with Gasteiger partial charge in [-0.1, -0.05) is 30.3 Å². The molecule has 0 amide bonds. The van der Waals surface area contributed by atoms with E-state index in [0.717, 1.165) is 5.56 Å². The standard InChI is InChI=1S/C17H19NO4/c1-12-10-14(16(19)15(18-12)17(20)21-2)8-9-22-11-13-6-4-3-5-7-13/h3-7,10,19H,8-9,11H2,1-2H3. The molecule has 0 unspecified atom stereocenters. The van der Waals surface area contributed by atoms with Gasteiger partial charge in [0, 0.05) is 11.3 Å². The van der Waals surface area contributed by atoms with E-state index in [1.807, 2.05) is 30.3 Å². The molecule has 0 saturated carbocycles. The molecule has 0 aliphatic carbocycles. The second-order valence-electron chi connectivity index (χ2n) is 4.90. The van der Waals surface area contributed by atoms with E-state index in [2.05, 4.69) is 9.72 Å². The summed E-state index contributed by atoms with van der Waals surface area (Å²) in [4.78, 5) is 15.6. The quantitative estimate of drug-likeness (QED) is 0.656. The number of pyridine rings is 1. The zero-order valence-corrected chi connectivity index (χ0v) is 12.7. The summed E-state index contributed by atoms with van der Waals surface area (Å²) in [5.74, 6) is -0.784. The van der Waals surface area contributed by atoms with Crippen LogP contribution >= 0.6 is 0 Å². The van der Waals surface area contributed by atoms with E-state index in [0.29, 0.717) is 30.9 Å². The van der Waals surface area contributed by atoms with Crippen LogP contribution in [0.15, 0.2) is 36.4 Å². The van der Waals surface area contributed by atoms with E-state index >= 15 is 0 Å². The van der Waals surface area contributed by atoms with Crippen LogP contribution in [0.25, 0.3) is 0 Å². The van der Waals surface area contributed by atoms with Crippen LogP contribution in [-0.2, 0) is 22.5 Å². The van der Waals surface area contributed by atoms with Crippen LogP contribution in [0.4, 0.5) is 0 Å². The third-order valence-electron chi connectivity index (χ3n) is 3.21. The van der Waals surface area contributed by atoms with Crippen LogP contribution in [-0.4, -0.2) is 29.8 Å². The number of nitrogens with zero attached hydrogens (tertiary/aromatic N) is 1. The van der Waals surface area contributed by atoms with Crippen molar-refractivity contribution < 1.29 is 19.4 Å². The summed E-state index contributed by atoms with van der Waals surface area (Å²) in [5.41, 5.74) is 2.31. The molecular weight excluding hydrogens is 282 g/mol. The minimum Gasteiger partial charge on any atom is -0.505 e. The molecule has 22 heavy (non-hydrogen) atoms. The van der Waals surface area contributed by atoms with Crippen molar-refractivity contribution in [2.24, 2.45) is 0 Å². The third kappa shape index (κ3) is 4.05. The Kier molecular flexibility index (Phi) is 5.49. The number of hydrogen-bond donors (Lipinski definition) is 1. The maximum atomic E-state index is 11.6. The molecule has 0 aliphatic rings. The molecule has 1 aromatic heterocycles. The van der Waals surface area contributed by atoms with E-state index in [-0.39, 0.29) is 11.4 Å². The largest absolute Gasteiger partial charge is 0.505 e. The Bertz CT molecular complexity index is 641. The second-order valence-corrected chi connectivity index (χ2v) is 4.90. The Labute approximate surface area is 129 Å². The molecule has 0 fully saturated rings. The number of esters is 1. The molecule has 0 aliphatic heterocycles. The Morgan fingerprint density at radius 2 is 2.00 bits per heavy atom. The molecule has 1 heterocycles. The average molecular weight is 301 g/mol. The third-order valence-corrected chi connectivity index (χ3v) is 3.21. The fourth-order valence-electron chi connectivity index (χ4n) is 2.11. The summed E-state index contributed by atoms with van der Waals surface area (Å²) in [6.07, 6.45) is 0.492. The lowest BCUT2D eigenvalue weighted by Crippen LogP contribution is -2.08. The van der Waals surface area contributed by atoms with Gasteiger partial charge in [0.15, 0.2) is 11.4 Å². The minimum atomic E-state index is -0.646. The number of aromatic hydroxyl groups is 1. The fraction of sp³-hybridized carbons (Fsp3) is 0.294. The van der Waals surface area contributed by atoms with Gasteiger partial charge in [0.05, 0.1) is 20.3 Å². The van der Waals surface area contributed by atoms with Crippen LogP contribution in [0.3, 0.4) is 0 Å². The van der Waals surface area contributed by atoms with E-state index in [9.17, 15) is 9.90 Å².